The topological polar surface area (TPSA) is 124 Å². The molecule has 2 fully saturated rings. The number of carbonyl (C=O) groups is 2. The molecule has 0 spiro atoms. The third-order valence-corrected chi connectivity index (χ3v) is 7.20. The minimum Gasteiger partial charge on any atom is -0.360 e. The standard InChI is InChI=1S/C26H30ClN7O2/c1-2-23(35)31-17-11-22(28-12-17)25(36)32-15-6-5-7-16(10-15)33-26-30-14-20(27)24(34-26)19-13-29-21-9-4-3-8-18(19)21/h2-4,8-9,13-17,22,28-29H,1,5-7,10-12H2,(H,31,35)(H,32,36)(H,30,33,34)/t15-,16+,17-,22?/m0/s1. The van der Waals surface area contributed by atoms with Gasteiger partial charge in [0.1, 0.15) is 0 Å². The molecule has 36 heavy (non-hydrogen) atoms. The lowest BCUT2D eigenvalue weighted by Gasteiger charge is -2.31. The maximum atomic E-state index is 12.8. The van der Waals surface area contributed by atoms with Crippen LogP contribution in [0.15, 0.2) is 49.3 Å². The first-order chi connectivity index (χ1) is 17.5. The zero-order valence-electron chi connectivity index (χ0n) is 19.9. The number of nitrogens with zero attached hydrogens (tertiary/aromatic N) is 2. The van der Waals surface area contributed by atoms with Gasteiger partial charge in [-0.25, -0.2) is 9.97 Å². The van der Waals surface area contributed by atoms with Crippen molar-refractivity contribution in [1.82, 2.24) is 30.9 Å². The summed E-state index contributed by atoms with van der Waals surface area (Å²) in [5.74, 6) is 0.275. The van der Waals surface area contributed by atoms with Crippen molar-refractivity contribution in [2.75, 3.05) is 11.9 Å². The van der Waals surface area contributed by atoms with Crippen LogP contribution < -0.4 is 21.3 Å². The molecule has 3 heterocycles. The van der Waals surface area contributed by atoms with E-state index in [-0.39, 0.29) is 36.0 Å². The summed E-state index contributed by atoms with van der Waals surface area (Å²) in [5, 5.41) is 14.2. The maximum absolute atomic E-state index is 12.8. The number of anilines is 1. The van der Waals surface area contributed by atoms with Crippen molar-refractivity contribution in [3.8, 4) is 11.3 Å². The highest BCUT2D eigenvalue weighted by atomic mass is 35.5. The van der Waals surface area contributed by atoms with Crippen molar-refractivity contribution in [2.24, 2.45) is 0 Å². The molecule has 1 aliphatic heterocycles. The van der Waals surface area contributed by atoms with Crippen molar-refractivity contribution in [3.63, 3.8) is 0 Å². The van der Waals surface area contributed by atoms with E-state index < -0.39 is 0 Å². The monoisotopic (exact) mass is 507 g/mol. The second-order valence-electron chi connectivity index (χ2n) is 9.46. The van der Waals surface area contributed by atoms with E-state index in [1.807, 2.05) is 30.5 Å². The second kappa shape index (κ2) is 10.7. The number of hydrogen-bond donors (Lipinski definition) is 5. The molecule has 5 N–H and O–H groups in total. The number of hydrogen-bond acceptors (Lipinski definition) is 6. The molecule has 2 amide bonds. The number of amides is 2. The molecule has 1 aliphatic carbocycles. The number of fused-ring (bicyclic) bond motifs is 1. The first kappa shape index (κ1) is 24.3. The van der Waals surface area contributed by atoms with Crippen molar-refractivity contribution < 1.29 is 9.59 Å². The number of H-pyrrole nitrogens is 1. The summed E-state index contributed by atoms with van der Waals surface area (Å²) >= 11 is 6.47. The smallest absolute Gasteiger partial charge is 0.243 e. The Bertz CT molecular complexity index is 1280. The molecule has 1 aromatic carbocycles. The van der Waals surface area contributed by atoms with Crippen LogP contribution in [0.4, 0.5) is 5.95 Å². The Balaban J connectivity index is 1.20. The summed E-state index contributed by atoms with van der Waals surface area (Å²) in [5.41, 5.74) is 2.63. The first-order valence-electron chi connectivity index (χ1n) is 12.3. The lowest BCUT2D eigenvalue weighted by atomic mass is 9.90. The summed E-state index contributed by atoms with van der Waals surface area (Å²) in [7, 11) is 0. The van der Waals surface area contributed by atoms with Crippen LogP contribution in [-0.4, -0.2) is 57.5 Å². The van der Waals surface area contributed by atoms with E-state index in [0.717, 1.165) is 42.1 Å². The van der Waals surface area contributed by atoms with Crippen molar-refractivity contribution in [1.29, 1.82) is 0 Å². The Hall–Kier alpha value is -3.43. The molecular formula is C26H30ClN7O2. The third-order valence-electron chi connectivity index (χ3n) is 6.92. The van der Waals surface area contributed by atoms with Gasteiger partial charge in [-0.05, 0) is 44.2 Å². The minimum atomic E-state index is -0.313. The number of benzene rings is 1. The molecule has 0 radical (unpaired) electrons. The SMILES string of the molecule is C=CC(=O)N[C@@H]1CNC(C(=O)N[C@H]2CCC[C@@H](Nc3ncc(Cl)c(-c4c[nH]c5ccccc45)n3)C2)C1. The number of rotatable bonds is 7. The lowest BCUT2D eigenvalue weighted by Crippen LogP contribution is -2.48. The largest absolute Gasteiger partial charge is 0.360 e. The molecule has 1 saturated carbocycles. The van der Waals surface area contributed by atoms with Crippen LogP contribution >= 0.6 is 11.6 Å². The van der Waals surface area contributed by atoms with E-state index in [2.05, 4.69) is 37.8 Å². The van der Waals surface area contributed by atoms with Gasteiger partial charge in [-0.3, -0.25) is 9.59 Å². The number of aromatic nitrogens is 3. The quantitative estimate of drug-likeness (QED) is 0.313. The Morgan fingerprint density at radius 2 is 1.94 bits per heavy atom. The van der Waals surface area contributed by atoms with Crippen LogP contribution in [0.5, 0.6) is 0 Å². The second-order valence-corrected chi connectivity index (χ2v) is 9.86. The fourth-order valence-corrected chi connectivity index (χ4v) is 5.33. The number of para-hydroxylation sites is 1. The van der Waals surface area contributed by atoms with Gasteiger partial charge in [-0.15, -0.1) is 0 Å². The normalized spacial score (nSPS) is 23.8. The molecule has 0 bridgehead atoms. The Morgan fingerprint density at radius 1 is 1.11 bits per heavy atom. The Labute approximate surface area is 214 Å². The average Bonchev–Trinajstić information content (AvgIpc) is 3.53. The Kier molecular flexibility index (Phi) is 7.20. The molecule has 2 aromatic heterocycles. The van der Waals surface area contributed by atoms with Crippen LogP contribution in [0.2, 0.25) is 5.02 Å². The molecule has 2 aliphatic rings. The minimum absolute atomic E-state index is 0.0274. The van der Waals surface area contributed by atoms with Crippen molar-refractivity contribution >= 4 is 40.3 Å². The summed E-state index contributed by atoms with van der Waals surface area (Å²) in [4.78, 5) is 36.8. The average molecular weight is 508 g/mol. The predicted octanol–water partition coefficient (Wildman–Crippen LogP) is 3.15. The molecule has 9 nitrogen and oxygen atoms in total. The van der Waals surface area contributed by atoms with Crippen LogP contribution in [0.25, 0.3) is 22.2 Å². The van der Waals surface area contributed by atoms with E-state index in [9.17, 15) is 9.59 Å². The van der Waals surface area contributed by atoms with Crippen LogP contribution in [0, 0.1) is 0 Å². The number of halogens is 1. The van der Waals surface area contributed by atoms with Crippen molar-refractivity contribution in [3.05, 3.63) is 54.3 Å². The summed E-state index contributed by atoms with van der Waals surface area (Å²) in [6.07, 6.45) is 9.02. The van der Waals surface area contributed by atoms with E-state index in [1.54, 1.807) is 6.20 Å². The van der Waals surface area contributed by atoms with E-state index >= 15 is 0 Å². The van der Waals surface area contributed by atoms with Gasteiger partial charge in [-0.1, -0.05) is 36.4 Å². The van der Waals surface area contributed by atoms with Gasteiger partial charge in [-0.2, -0.15) is 0 Å². The van der Waals surface area contributed by atoms with Gasteiger partial charge in [0.25, 0.3) is 0 Å². The van der Waals surface area contributed by atoms with Gasteiger partial charge < -0.3 is 26.3 Å². The molecule has 1 unspecified atom stereocenters. The number of nitrogens with one attached hydrogen (secondary N) is 5. The Morgan fingerprint density at radius 3 is 2.81 bits per heavy atom. The molecule has 3 aromatic rings. The molecule has 188 valence electrons. The van der Waals surface area contributed by atoms with Gasteiger partial charge >= 0.3 is 0 Å². The first-order valence-corrected chi connectivity index (χ1v) is 12.7. The van der Waals surface area contributed by atoms with Gasteiger partial charge in [0.2, 0.25) is 17.8 Å². The van der Waals surface area contributed by atoms with E-state index in [4.69, 9.17) is 16.6 Å². The fourth-order valence-electron chi connectivity index (χ4n) is 5.13. The lowest BCUT2D eigenvalue weighted by molar-refractivity contribution is -0.124. The zero-order chi connectivity index (χ0) is 25.1. The highest BCUT2D eigenvalue weighted by Gasteiger charge is 2.32. The summed E-state index contributed by atoms with van der Waals surface area (Å²) in [6, 6.07) is 7.84. The van der Waals surface area contributed by atoms with Gasteiger partial charge in [0.05, 0.1) is 23.0 Å². The maximum Gasteiger partial charge on any atom is 0.243 e. The molecular weight excluding hydrogens is 478 g/mol. The number of aromatic amines is 1. The van der Waals surface area contributed by atoms with Crippen LogP contribution in [-0.2, 0) is 9.59 Å². The predicted molar refractivity (Wildman–Crippen MR) is 141 cm³/mol. The number of carbonyl (C=O) groups excluding carboxylic acids is 2. The summed E-state index contributed by atoms with van der Waals surface area (Å²) in [6.45, 7) is 4.04. The molecule has 10 heteroatoms. The highest BCUT2D eigenvalue weighted by Crippen LogP contribution is 2.32. The van der Waals surface area contributed by atoms with Gasteiger partial charge in [0.15, 0.2) is 0 Å². The van der Waals surface area contributed by atoms with E-state index in [0.29, 0.717) is 29.6 Å². The molecule has 4 atom stereocenters. The summed E-state index contributed by atoms with van der Waals surface area (Å²) < 4.78 is 0. The van der Waals surface area contributed by atoms with Gasteiger partial charge in [0, 0.05) is 47.3 Å². The van der Waals surface area contributed by atoms with E-state index in [1.165, 1.54) is 6.08 Å². The zero-order valence-corrected chi connectivity index (χ0v) is 20.6. The third kappa shape index (κ3) is 5.37. The molecule has 1 saturated heterocycles. The molecule has 5 rings (SSSR count). The van der Waals surface area contributed by atoms with Crippen LogP contribution in [0.1, 0.15) is 32.1 Å². The van der Waals surface area contributed by atoms with Crippen molar-refractivity contribution in [2.45, 2.75) is 56.3 Å². The highest BCUT2D eigenvalue weighted by molar-refractivity contribution is 6.33. The van der Waals surface area contributed by atoms with Crippen LogP contribution in [0.3, 0.4) is 0 Å². The fraction of sp³-hybridized carbons (Fsp3) is 0.385.